The summed E-state index contributed by atoms with van der Waals surface area (Å²) >= 11 is 0. The molecular weight excluding hydrogens is 590 g/mol. The third-order valence-corrected chi connectivity index (χ3v) is 9.49. The number of methoxy groups -OCH3 is 1. The van der Waals surface area contributed by atoms with Gasteiger partial charge in [0.15, 0.2) is 5.76 Å². The minimum absolute atomic E-state index is 0.00957. The van der Waals surface area contributed by atoms with Crippen molar-refractivity contribution < 1.29 is 37.1 Å². The average Bonchev–Trinajstić information content (AvgIpc) is 3.33. The highest BCUT2D eigenvalue weighted by Crippen LogP contribution is 2.30. The number of carbonyl (C=O) groups excluding carboxylic acids is 2. The molecule has 1 aliphatic rings. The quantitative estimate of drug-likeness (QED) is 0.322. The highest BCUT2D eigenvalue weighted by Gasteiger charge is 2.33. The molecule has 2 aromatic carbocycles. The minimum Gasteiger partial charge on any atom is -0.497 e. The molecule has 3 amide bonds. The molecule has 14 heteroatoms. The van der Waals surface area contributed by atoms with Crippen molar-refractivity contribution in [2.24, 2.45) is 5.92 Å². The number of carbonyl (C=O) groups is 2. The van der Waals surface area contributed by atoms with E-state index in [0.717, 1.165) is 0 Å². The number of likely N-dealkylation sites (N-methyl/N-ethyl adjacent to an activating group) is 1. The molecule has 13 nitrogen and oxygen atoms in total. The number of aliphatic hydroxyl groups excluding tert-OH is 1. The number of hydrogen-bond acceptors (Lipinski definition) is 9. The second-order valence-electron chi connectivity index (χ2n) is 10.9. The fourth-order valence-corrected chi connectivity index (χ4v) is 6.12. The van der Waals surface area contributed by atoms with Crippen molar-refractivity contribution in [1.82, 2.24) is 14.4 Å². The number of sulfonamides is 1. The van der Waals surface area contributed by atoms with Crippen molar-refractivity contribution in [3.63, 3.8) is 0 Å². The summed E-state index contributed by atoms with van der Waals surface area (Å²) in [5.41, 5.74) is 1.90. The summed E-state index contributed by atoms with van der Waals surface area (Å²) in [6.45, 7) is 7.00. The Bertz CT molecular complexity index is 1570. The molecule has 1 aliphatic heterocycles. The van der Waals surface area contributed by atoms with Gasteiger partial charge in [0.05, 0.1) is 37.6 Å². The molecule has 0 aliphatic carbocycles. The summed E-state index contributed by atoms with van der Waals surface area (Å²) in [4.78, 5) is 27.9. The van der Waals surface area contributed by atoms with Crippen LogP contribution in [0.4, 0.5) is 16.2 Å². The molecule has 0 bridgehead atoms. The number of nitrogens with zero attached hydrogens (tertiary/aromatic N) is 3. The number of urea groups is 1. The van der Waals surface area contributed by atoms with E-state index in [4.69, 9.17) is 14.0 Å². The number of amides is 3. The molecule has 0 spiro atoms. The van der Waals surface area contributed by atoms with Gasteiger partial charge < -0.3 is 34.6 Å². The van der Waals surface area contributed by atoms with Gasteiger partial charge in [-0.25, -0.2) is 13.2 Å². The predicted octanol–water partition coefficient (Wildman–Crippen LogP) is 3.41. The lowest BCUT2D eigenvalue weighted by atomic mass is 10.0. The van der Waals surface area contributed by atoms with Crippen molar-refractivity contribution >= 4 is 33.3 Å². The van der Waals surface area contributed by atoms with Crippen molar-refractivity contribution in [3.05, 3.63) is 59.5 Å². The fraction of sp³-hybridized carbons (Fsp3) is 0.433. The number of nitrogens with one attached hydrogen (secondary N) is 2. The van der Waals surface area contributed by atoms with Crippen molar-refractivity contribution in [3.8, 4) is 11.5 Å². The maximum absolute atomic E-state index is 13.5. The molecule has 2 heterocycles. The van der Waals surface area contributed by atoms with Gasteiger partial charge >= 0.3 is 6.03 Å². The lowest BCUT2D eigenvalue weighted by molar-refractivity contribution is -0.134. The van der Waals surface area contributed by atoms with Crippen molar-refractivity contribution in [1.29, 1.82) is 0 Å². The zero-order valence-electron chi connectivity index (χ0n) is 25.7. The Morgan fingerprint density at radius 2 is 1.91 bits per heavy atom. The third-order valence-electron chi connectivity index (χ3n) is 7.65. The first-order valence-corrected chi connectivity index (χ1v) is 15.6. The number of anilines is 2. The van der Waals surface area contributed by atoms with Gasteiger partial charge in [0.1, 0.15) is 29.0 Å². The zero-order chi connectivity index (χ0) is 32.2. The first-order valence-electron chi connectivity index (χ1n) is 14.1. The van der Waals surface area contributed by atoms with E-state index in [0.29, 0.717) is 39.9 Å². The topological polar surface area (TPSA) is 164 Å². The van der Waals surface area contributed by atoms with Gasteiger partial charge in [0.25, 0.3) is 0 Å². The average molecular weight is 630 g/mol. The molecular formula is C30H39N5O8S. The van der Waals surface area contributed by atoms with Crippen LogP contribution in [0.2, 0.25) is 0 Å². The third kappa shape index (κ3) is 7.31. The Hall–Kier alpha value is -4.14. The number of benzene rings is 2. The monoisotopic (exact) mass is 629 g/mol. The number of hydrogen-bond donors (Lipinski definition) is 3. The second kappa shape index (κ2) is 13.7. The number of aryl methyl sites for hydroxylation is 2. The lowest BCUT2D eigenvalue weighted by Gasteiger charge is -2.33. The van der Waals surface area contributed by atoms with Gasteiger partial charge in [-0.2, -0.15) is 4.31 Å². The van der Waals surface area contributed by atoms with Crippen LogP contribution in [0.15, 0.2) is 51.9 Å². The van der Waals surface area contributed by atoms with Gasteiger partial charge in [-0.05, 0) is 63.2 Å². The van der Waals surface area contributed by atoms with E-state index in [1.54, 1.807) is 56.0 Å². The lowest BCUT2D eigenvalue weighted by Crippen LogP contribution is -2.48. The van der Waals surface area contributed by atoms with Crippen LogP contribution in [-0.2, 0) is 21.2 Å². The molecule has 3 N–H and O–H groups in total. The molecule has 44 heavy (non-hydrogen) atoms. The van der Waals surface area contributed by atoms with E-state index < -0.39 is 28.2 Å². The number of aliphatic hydroxyl groups is 1. The zero-order valence-corrected chi connectivity index (χ0v) is 26.5. The van der Waals surface area contributed by atoms with Gasteiger partial charge in [-0.15, -0.1) is 0 Å². The maximum atomic E-state index is 13.5. The Kier molecular flexibility index (Phi) is 10.2. The molecule has 0 saturated heterocycles. The maximum Gasteiger partial charge on any atom is 0.323 e. The molecule has 0 fully saturated rings. The van der Waals surface area contributed by atoms with E-state index in [1.807, 2.05) is 6.92 Å². The van der Waals surface area contributed by atoms with Crippen LogP contribution in [-0.4, -0.2) is 85.8 Å². The highest BCUT2D eigenvalue weighted by atomic mass is 32.2. The summed E-state index contributed by atoms with van der Waals surface area (Å²) in [5, 5.41) is 19.2. The molecule has 4 rings (SSSR count). The van der Waals surface area contributed by atoms with Crippen molar-refractivity contribution in [2.75, 3.05) is 44.5 Å². The first-order chi connectivity index (χ1) is 20.8. The Morgan fingerprint density at radius 3 is 2.52 bits per heavy atom. The number of aromatic nitrogens is 1. The molecule has 3 aromatic rings. The minimum atomic E-state index is -3.88. The van der Waals surface area contributed by atoms with Gasteiger partial charge in [0.2, 0.25) is 15.9 Å². The number of rotatable bonds is 9. The summed E-state index contributed by atoms with van der Waals surface area (Å²) in [6, 6.07) is 10.1. The number of ether oxygens (including phenoxy) is 2. The standard InChI is InChI=1S/C30H39N5O8S/c1-18-15-35(19(2)17-36)28(37)14-22-13-23(31-30(38)32-29-20(3)33-43-21(29)4)7-12-26(22)42-27(18)16-34(5)44(39,40)25-10-8-24(41-6)9-11-25/h7-13,18-19,27,36H,14-17H2,1-6H3,(H2,31,32,38)/t18-,19-,27-/m0/s1. The molecule has 0 saturated carbocycles. The predicted molar refractivity (Wildman–Crippen MR) is 163 cm³/mol. The van der Waals surface area contributed by atoms with E-state index in [1.165, 1.54) is 30.6 Å². The Morgan fingerprint density at radius 1 is 1.20 bits per heavy atom. The van der Waals surface area contributed by atoms with Gasteiger partial charge in [-0.3, -0.25) is 4.79 Å². The Labute approximate surface area is 257 Å². The van der Waals surface area contributed by atoms with E-state index in [-0.39, 0.29) is 42.8 Å². The van der Waals surface area contributed by atoms with Crippen LogP contribution in [0.3, 0.4) is 0 Å². The van der Waals surface area contributed by atoms with E-state index >= 15 is 0 Å². The first kappa shape index (κ1) is 32.8. The van der Waals surface area contributed by atoms with Gasteiger partial charge in [-0.1, -0.05) is 12.1 Å². The summed E-state index contributed by atoms with van der Waals surface area (Å²) in [7, 11) is -0.893. The van der Waals surface area contributed by atoms with Crippen molar-refractivity contribution in [2.45, 2.75) is 51.2 Å². The molecule has 3 atom stereocenters. The second-order valence-corrected chi connectivity index (χ2v) is 13.0. The van der Waals surface area contributed by atoms with Crippen LogP contribution in [0.1, 0.15) is 30.9 Å². The largest absolute Gasteiger partial charge is 0.497 e. The van der Waals surface area contributed by atoms with E-state index in [9.17, 15) is 23.1 Å². The summed E-state index contributed by atoms with van der Waals surface area (Å²) in [5.74, 6) is 0.838. The number of fused-ring (bicyclic) bond motifs is 1. The SMILES string of the molecule is COc1ccc(S(=O)(=O)N(C)C[C@@H]2Oc3ccc(NC(=O)Nc4c(C)noc4C)cc3CC(=O)N([C@@H](C)CO)C[C@@H]2C)cc1. The van der Waals surface area contributed by atoms with Crippen LogP contribution >= 0.6 is 0 Å². The summed E-state index contributed by atoms with van der Waals surface area (Å²) in [6.07, 6.45) is -0.715. The van der Waals surface area contributed by atoms with Crippen LogP contribution in [0.25, 0.3) is 0 Å². The fourth-order valence-electron chi connectivity index (χ4n) is 4.94. The highest BCUT2D eigenvalue weighted by molar-refractivity contribution is 7.89. The molecule has 0 radical (unpaired) electrons. The van der Waals surface area contributed by atoms with E-state index in [2.05, 4.69) is 15.8 Å². The van der Waals surface area contributed by atoms with Crippen LogP contribution < -0.4 is 20.1 Å². The Balaban J connectivity index is 1.62. The summed E-state index contributed by atoms with van der Waals surface area (Å²) < 4.78 is 44.8. The van der Waals surface area contributed by atoms with Gasteiger partial charge in [0, 0.05) is 30.8 Å². The molecule has 1 aromatic heterocycles. The van der Waals surface area contributed by atoms with Crippen LogP contribution in [0.5, 0.6) is 11.5 Å². The molecule has 238 valence electrons. The van der Waals surface area contributed by atoms with Crippen LogP contribution in [0, 0.1) is 19.8 Å². The molecule has 0 unspecified atom stereocenters. The normalized spacial score (nSPS) is 18.0. The smallest absolute Gasteiger partial charge is 0.323 e.